The molecule has 0 aromatic carbocycles. The largest absolute Gasteiger partial charge is 0.389 e. The lowest BCUT2D eigenvalue weighted by Gasteiger charge is -2.25. The number of aliphatic hydroxyl groups excluding tert-OH is 1. The van der Waals surface area contributed by atoms with Gasteiger partial charge in [-0.05, 0) is 31.6 Å². The highest BCUT2D eigenvalue weighted by Crippen LogP contribution is 2.24. The van der Waals surface area contributed by atoms with Crippen molar-refractivity contribution in [1.29, 1.82) is 0 Å². The van der Waals surface area contributed by atoms with E-state index in [-0.39, 0.29) is 0 Å². The average Bonchev–Trinajstić information content (AvgIpc) is 2.87. The summed E-state index contributed by atoms with van der Waals surface area (Å²) in [6, 6.07) is 0. The molecule has 1 heterocycles. The molecule has 2 N–H and O–H groups in total. The molecule has 118 valence electrons. The van der Waals surface area contributed by atoms with Crippen molar-refractivity contribution in [3.05, 3.63) is 28.2 Å². The molecule has 1 aliphatic carbocycles. The Morgan fingerprint density at radius 2 is 2.29 bits per heavy atom. The van der Waals surface area contributed by atoms with Crippen LogP contribution in [0.4, 0.5) is 0 Å². The van der Waals surface area contributed by atoms with Crippen LogP contribution in [0.15, 0.2) is 17.5 Å². The maximum absolute atomic E-state index is 9.91. The molecule has 21 heavy (non-hydrogen) atoms. The summed E-state index contributed by atoms with van der Waals surface area (Å²) in [7, 11) is 0. The third kappa shape index (κ3) is 5.87. The van der Waals surface area contributed by atoms with Gasteiger partial charge in [-0.2, -0.15) is 0 Å². The summed E-state index contributed by atoms with van der Waals surface area (Å²) in [5.41, 5.74) is 1.05. The Bertz CT molecular complexity index is 447. The molecule has 1 aromatic heterocycles. The van der Waals surface area contributed by atoms with Gasteiger partial charge in [-0.3, -0.25) is 0 Å². The SMILES string of the molecule is Cc1csc(CNCC(O)COCC2CC=CCC2C)n1. The molecule has 0 bridgehead atoms. The predicted octanol–water partition coefficient (Wildman–Crippen LogP) is 2.52. The lowest BCUT2D eigenvalue weighted by Crippen LogP contribution is -2.31. The van der Waals surface area contributed by atoms with Crippen LogP contribution in [-0.2, 0) is 11.3 Å². The van der Waals surface area contributed by atoms with E-state index in [2.05, 4.69) is 29.4 Å². The molecule has 4 nitrogen and oxygen atoms in total. The highest BCUT2D eigenvalue weighted by molar-refractivity contribution is 7.09. The molecule has 1 aliphatic rings. The highest BCUT2D eigenvalue weighted by atomic mass is 32.1. The number of aliphatic hydroxyl groups is 1. The number of hydrogen-bond donors (Lipinski definition) is 2. The summed E-state index contributed by atoms with van der Waals surface area (Å²) in [5, 5.41) is 16.2. The van der Waals surface area contributed by atoms with Crippen LogP contribution in [0.1, 0.15) is 30.5 Å². The van der Waals surface area contributed by atoms with Crippen molar-refractivity contribution >= 4 is 11.3 Å². The lowest BCUT2D eigenvalue weighted by molar-refractivity contribution is 0.0127. The number of aromatic nitrogens is 1. The maximum Gasteiger partial charge on any atom is 0.107 e. The fourth-order valence-corrected chi connectivity index (χ4v) is 3.22. The third-order valence-corrected chi connectivity index (χ3v) is 4.85. The Morgan fingerprint density at radius 3 is 3.00 bits per heavy atom. The molecule has 2 rings (SSSR count). The van der Waals surface area contributed by atoms with Crippen LogP contribution in [0.3, 0.4) is 0 Å². The number of thiazole rings is 1. The van der Waals surface area contributed by atoms with Gasteiger partial charge in [0.05, 0.1) is 19.3 Å². The van der Waals surface area contributed by atoms with Crippen LogP contribution >= 0.6 is 11.3 Å². The molecule has 3 atom stereocenters. The number of nitrogens with one attached hydrogen (secondary N) is 1. The van der Waals surface area contributed by atoms with Crippen LogP contribution in [0.25, 0.3) is 0 Å². The molecule has 1 aromatic rings. The minimum absolute atomic E-state index is 0.400. The molecule has 0 saturated carbocycles. The van der Waals surface area contributed by atoms with Crippen molar-refractivity contribution in [3.63, 3.8) is 0 Å². The van der Waals surface area contributed by atoms with Gasteiger partial charge in [0.15, 0.2) is 0 Å². The van der Waals surface area contributed by atoms with Crippen molar-refractivity contribution in [3.8, 4) is 0 Å². The first kappa shape index (κ1) is 16.6. The summed E-state index contributed by atoms with van der Waals surface area (Å²) < 4.78 is 5.68. The number of hydrogen-bond acceptors (Lipinski definition) is 5. The van der Waals surface area contributed by atoms with E-state index in [0.29, 0.717) is 31.5 Å². The van der Waals surface area contributed by atoms with Gasteiger partial charge in [0.2, 0.25) is 0 Å². The van der Waals surface area contributed by atoms with Gasteiger partial charge in [-0.25, -0.2) is 4.98 Å². The normalized spacial score (nSPS) is 23.4. The summed E-state index contributed by atoms with van der Waals surface area (Å²) in [6.07, 6.45) is 6.27. The van der Waals surface area contributed by atoms with E-state index in [1.54, 1.807) is 11.3 Å². The molecule has 0 radical (unpaired) electrons. The fraction of sp³-hybridized carbons (Fsp3) is 0.688. The van der Waals surface area contributed by atoms with E-state index < -0.39 is 6.10 Å². The molecule has 0 spiro atoms. The average molecular weight is 310 g/mol. The Morgan fingerprint density at radius 1 is 1.48 bits per heavy atom. The van der Waals surface area contributed by atoms with Gasteiger partial charge >= 0.3 is 0 Å². The second-order valence-electron chi connectivity index (χ2n) is 5.88. The van der Waals surface area contributed by atoms with Crippen LogP contribution in [-0.4, -0.2) is 36.0 Å². The number of rotatable bonds is 8. The summed E-state index contributed by atoms with van der Waals surface area (Å²) in [4.78, 5) is 4.38. The van der Waals surface area contributed by atoms with Gasteiger partial charge in [0.25, 0.3) is 0 Å². The predicted molar refractivity (Wildman–Crippen MR) is 86.4 cm³/mol. The Kier molecular flexibility index (Phi) is 6.83. The van der Waals surface area contributed by atoms with E-state index in [1.165, 1.54) is 0 Å². The van der Waals surface area contributed by atoms with Crippen molar-refractivity contribution in [2.24, 2.45) is 11.8 Å². The molecule has 0 aliphatic heterocycles. The van der Waals surface area contributed by atoms with E-state index in [9.17, 15) is 5.11 Å². The van der Waals surface area contributed by atoms with Crippen molar-refractivity contribution < 1.29 is 9.84 Å². The van der Waals surface area contributed by atoms with Crippen molar-refractivity contribution in [1.82, 2.24) is 10.3 Å². The van der Waals surface area contributed by atoms with Crippen LogP contribution in [0.5, 0.6) is 0 Å². The first-order valence-electron chi connectivity index (χ1n) is 7.67. The topological polar surface area (TPSA) is 54.4 Å². The second kappa shape index (κ2) is 8.63. The monoisotopic (exact) mass is 310 g/mol. The highest BCUT2D eigenvalue weighted by Gasteiger charge is 2.18. The maximum atomic E-state index is 9.91. The minimum atomic E-state index is -0.458. The lowest BCUT2D eigenvalue weighted by atomic mass is 9.85. The number of nitrogens with zero attached hydrogens (tertiary/aromatic N) is 1. The summed E-state index contributed by atoms with van der Waals surface area (Å²) in [6.45, 7) is 6.65. The fourth-order valence-electron chi connectivity index (χ4n) is 2.48. The van der Waals surface area contributed by atoms with Gasteiger partial charge < -0.3 is 15.2 Å². The van der Waals surface area contributed by atoms with E-state index in [1.807, 2.05) is 12.3 Å². The van der Waals surface area contributed by atoms with E-state index in [4.69, 9.17) is 4.74 Å². The Labute approximate surface area is 131 Å². The van der Waals surface area contributed by atoms with Crippen molar-refractivity contribution in [2.75, 3.05) is 19.8 Å². The molecule has 0 saturated heterocycles. The second-order valence-corrected chi connectivity index (χ2v) is 6.83. The molecular weight excluding hydrogens is 284 g/mol. The van der Waals surface area contributed by atoms with Gasteiger partial charge in [0.1, 0.15) is 5.01 Å². The Balaban J connectivity index is 1.55. The third-order valence-electron chi connectivity index (χ3n) is 3.88. The first-order valence-corrected chi connectivity index (χ1v) is 8.55. The van der Waals surface area contributed by atoms with Crippen molar-refractivity contribution in [2.45, 2.75) is 39.3 Å². The number of ether oxygens (including phenoxy) is 1. The van der Waals surface area contributed by atoms with Gasteiger partial charge in [0, 0.05) is 24.2 Å². The number of allylic oxidation sites excluding steroid dienone is 2. The zero-order valence-corrected chi connectivity index (χ0v) is 13.7. The summed E-state index contributed by atoms with van der Waals surface area (Å²) >= 11 is 1.65. The number of aryl methyl sites for hydroxylation is 1. The van der Waals surface area contributed by atoms with Crippen LogP contribution in [0, 0.1) is 18.8 Å². The molecule has 0 amide bonds. The molecule has 0 fully saturated rings. The minimum Gasteiger partial charge on any atom is -0.389 e. The quantitative estimate of drug-likeness (QED) is 0.725. The van der Waals surface area contributed by atoms with Crippen LogP contribution < -0.4 is 5.32 Å². The van der Waals surface area contributed by atoms with E-state index in [0.717, 1.165) is 30.2 Å². The van der Waals surface area contributed by atoms with Gasteiger partial charge in [-0.15, -0.1) is 11.3 Å². The summed E-state index contributed by atoms with van der Waals surface area (Å²) in [5.74, 6) is 1.27. The zero-order chi connectivity index (χ0) is 15.1. The van der Waals surface area contributed by atoms with Gasteiger partial charge in [-0.1, -0.05) is 19.1 Å². The zero-order valence-electron chi connectivity index (χ0n) is 12.9. The molecule has 3 unspecified atom stereocenters. The standard InChI is InChI=1S/C16H26N2O2S/c1-12-5-3-4-6-14(12)9-20-10-15(19)7-17-8-16-18-13(2)11-21-16/h3-4,11-12,14-15,17,19H,5-10H2,1-2H3. The molecule has 5 heteroatoms. The first-order chi connectivity index (χ1) is 10.1. The smallest absolute Gasteiger partial charge is 0.107 e. The Hall–Kier alpha value is -0.750. The molecular formula is C16H26N2O2S. The van der Waals surface area contributed by atoms with E-state index >= 15 is 0 Å². The van der Waals surface area contributed by atoms with Crippen LogP contribution in [0.2, 0.25) is 0 Å².